The van der Waals surface area contributed by atoms with E-state index in [9.17, 15) is 17.6 Å². The van der Waals surface area contributed by atoms with Crippen LogP contribution in [0.4, 0.5) is 17.6 Å². The number of hydrogen-bond donors (Lipinski definition) is 0. The van der Waals surface area contributed by atoms with E-state index in [0.29, 0.717) is 57.6 Å². The van der Waals surface area contributed by atoms with Gasteiger partial charge in [0.2, 0.25) is 0 Å². The summed E-state index contributed by atoms with van der Waals surface area (Å²) < 4.78 is 59.8. The molecule has 0 spiro atoms. The lowest BCUT2D eigenvalue weighted by atomic mass is 10.2. The molecule has 0 bridgehead atoms. The smallest absolute Gasteiger partial charge is 0.346 e. The third kappa shape index (κ3) is 4.76. The van der Waals surface area contributed by atoms with Crippen molar-refractivity contribution in [2.75, 3.05) is 0 Å². The standard InChI is InChI=1S/C30H20F4N8/c31-23-9-2-1-8-22(23)29-36-24-12-13-40(17-26(24)37-29)15-20-16-41(39-38-20)18-28-35-25-10-3-4-11-27(25)42(28)21-7-5-6-19(14-21)30(32,33)34/h1-14,16-17H,15,18H2. The number of pyridine rings is 1. The average molecular weight is 569 g/mol. The van der Waals surface area contributed by atoms with E-state index in [1.807, 2.05) is 35.0 Å². The summed E-state index contributed by atoms with van der Waals surface area (Å²) in [6.45, 7) is 0.559. The van der Waals surface area contributed by atoms with Crippen molar-refractivity contribution in [2.45, 2.75) is 19.3 Å². The molecule has 0 unspecified atom stereocenters. The molecule has 4 heterocycles. The van der Waals surface area contributed by atoms with E-state index in [1.54, 1.807) is 52.0 Å². The summed E-state index contributed by atoms with van der Waals surface area (Å²) in [5, 5.41) is 8.51. The Labute approximate surface area is 235 Å². The quantitative estimate of drug-likeness (QED) is 0.222. The highest BCUT2D eigenvalue weighted by atomic mass is 19.4. The summed E-state index contributed by atoms with van der Waals surface area (Å²) in [5.74, 6) is 0.433. The number of halogens is 4. The summed E-state index contributed by atoms with van der Waals surface area (Å²) in [4.78, 5) is 13.6. The van der Waals surface area contributed by atoms with Crippen LogP contribution in [-0.2, 0) is 19.3 Å². The van der Waals surface area contributed by atoms with Gasteiger partial charge in [-0.05, 0) is 48.5 Å². The second-order valence-corrected chi connectivity index (χ2v) is 9.72. The van der Waals surface area contributed by atoms with Crippen molar-refractivity contribution in [1.82, 2.24) is 39.1 Å². The van der Waals surface area contributed by atoms with Crippen molar-refractivity contribution in [2.24, 2.45) is 0 Å². The van der Waals surface area contributed by atoms with Gasteiger partial charge < -0.3 is 4.57 Å². The lowest BCUT2D eigenvalue weighted by Gasteiger charge is -2.12. The molecule has 2 aromatic heterocycles. The van der Waals surface area contributed by atoms with Crippen molar-refractivity contribution < 1.29 is 17.6 Å². The first-order valence-electron chi connectivity index (χ1n) is 12.9. The first kappa shape index (κ1) is 25.6. The maximum atomic E-state index is 14.2. The van der Waals surface area contributed by atoms with Gasteiger partial charge in [0, 0.05) is 18.1 Å². The van der Waals surface area contributed by atoms with Crippen LogP contribution in [0.3, 0.4) is 0 Å². The molecule has 0 amide bonds. The van der Waals surface area contributed by atoms with Gasteiger partial charge in [0.05, 0.1) is 40.6 Å². The molecule has 3 aromatic carbocycles. The zero-order valence-corrected chi connectivity index (χ0v) is 21.7. The summed E-state index contributed by atoms with van der Waals surface area (Å²) in [5.41, 5.74) is 3.18. The first-order chi connectivity index (χ1) is 20.3. The largest absolute Gasteiger partial charge is 0.416 e. The van der Waals surface area contributed by atoms with E-state index in [0.717, 1.165) is 12.1 Å². The number of fused-ring (bicyclic) bond motifs is 2. The summed E-state index contributed by atoms with van der Waals surface area (Å²) >= 11 is 0. The highest BCUT2D eigenvalue weighted by Gasteiger charge is 2.31. The fourth-order valence-electron chi connectivity index (χ4n) is 4.92. The van der Waals surface area contributed by atoms with Gasteiger partial charge in [0.15, 0.2) is 5.82 Å². The Morgan fingerprint density at radius 2 is 1.57 bits per heavy atom. The van der Waals surface area contributed by atoms with Crippen molar-refractivity contribution >= 4 is 11.0 Å². The lowest BCUT2D eigenvalue weighted by Crippen LogP contribution is -2.10. The van der Waals surface area contributed by atoms with Gasteiger partial charge in [-0.25, -0.2) is 24.0 Å². The van der Waals surface area contributed by atoms with E-state index in [4.69, 9.17) is 0 Å². The van der Waals surface area contributed by atoms with Gasteiger partial charge in [-0.1, -0.05) is 35.5 Å². The fraction of sp³-hybridized carbons (Fsp3) is 0.100. The monoisotopic (exact) mass is 568 g/mol. The van der Waals surface area contributed by atoms with E-state index < -0.39 is 11.7 Å². The number of nitrogens with zero attached hydrogens (tertiary/aromatic N) is 8. The van der Waals surface area contributed by atoms with Gasteiger partial charge >= 0.3 is 6.18 Å². The van der Waals surface area contributed by atoms with Crippen LogP contribution >= 0.6 is 0 Å². The zero-order valence-electron chi connectivity index (χ0n) is 21.7. The van der Waals surface area contributed by atoms with Crippen LogP contribution in [0.5, 0.6) is 0 Å². The van der Waals surface area contributed by atoms with Crippen LogP contribution < -0.4 is 0 Å². The summed E-state index contributed by atoms with van der Waals surface area (Å²) in [7, 11) is 0. The Morgan fingerprint density at radius 3 is 2.43 bits per heavy atom. The molecule has 8 nitrogen and oxygen atoms in total. The molecule has 208 valence electrons. The number of hydrogen-bond acceptors (Lipinski definition) is 5. The maximum Gasteiger partial charge on any atom is 0.416 e. The molecule has 12 heteroatoms. The minimum Gasteiger partial charge on any atom is -0.346 e. The average Bonchev–Trinajstić information content (AvgIpc) is 3.69. The number of alkyl halides is 3. The third-order valence-electron chi connectivity index (χ3n) is 6.84. The Bertz CT molecular complexity index is 2020. The van der Waals surface area contributed by atoms with E-state index in [1.165, 1.54) is 12.1 Å². The van der Waals surface area contributed by atoms with Gasteiger partial charge in [0.1, 0.15) is 29.6 Å². The summed E-state index contributed by atoms with van der Waals surface area (Å²) in [6, 6.07) is 20.6. The molecule has 7 rings (SSSR count). The number of benzene rings is 3. The van der Waals surface area contributed by atoms with Crippen LogP contribution in [0.15, 0.2) is 97.5 Å². The predicted molar refractivity (Wildman–Crippen MR) is 146 cm³/mol. The lowest BCUT2D eigenvalue weighted by molar-refractivity contribution is -0.137. The van der Waals surface area contributed by atoms with Crippen molar-refractivity contribution in [3.63, 3.8) is 0 Å². The number of aromatic nitrogens is 8. The Balaban J connectivity index is 1.16. The molecule has 0 aliphatic carbocycles. The summed E-state index contributed by atoms with van der Waals surface area (Å²) in [6.07, 6.45) is 0.919. The van der Waals surface area contributed by atoms with Crippen LogP contribution in [0.1, 0.15) is 17.1 Å². The molecule has 0 saturated heterocycles. The molecular formula is C30H20F4N8. The van der Waals surface area contributed by atoms with Gasteiger partial charge in [-0.2, -0.15) is 13.2 Å². The molecule has 0 fully saturated rings. The molecule has 0 N–H and O–H groups in total. The Hall–Kier alpha value is -5.39. The van der Waals surface area contributed by atoms with Crippen molar-refractivity contribution in [3.05, 3.63) is 120 Å². The van der Waals surface area contributed by atoms with Crippen molar-refractivity contribution in [1.29, 1.82) is 0 Å². The van der Waals surface area contributed by atoms with Crippen LogP contribution in [0.25, 0.3) is 39.5 Å². The first-order valence-corrected chi connectivity index (χ1v) is 12.9. The predicted octanol–water partition coefficient (Wildman–Crippen LogP) is 6.23. The zero-order chi connectivity index (χ0) is 28.8. The maximum absolute atomic E-state index is 14.2. The highest BCUT2D eigenvalue weighted by Crippen LogP contribution is 2.32. The molecule has 0 saturated carbocycles. The van der Waals surface area contributed by atoms with Crippen LogP contribution in [0.2, 0.25) is 0 Å². The van der Waals surface area contributed by atoms with Gasteiger partial charge in [0.25, 0.3) is 0 Å². The minimum atomic E-state index is -4.47. The van der Waals surface area contributed by atoms with Crippen LogP contribution in [0, 0.1) is 5.82 Å². The van der Waals surface area contributed by atoms with E-state index in [2.05, 4.69) is 25.3 Å². The molecular weight excluding hydrogens is 548 g/mol. The molecule has 5 aromatic rings. The van der Waals surface area contributed by atoms with Crippen molar-refractivity contribution in [3.8, 4) is 28.5 Å². The number of imidazole rings is 2. The van der Waals surface area contributed by atoms with Gasteiger partial charge in [-0.15, -0.1) is 5.10 Å². The second kappa shape index (κ2) is 9.91. The number of rotatable bonds is 6. The Kier molecular flexibility index (Phi) is 6.03. The topological polar surface area (TPSA) is 79.2 Å². The molecule has 0 radical (unpaired) electrons. The molecule has 2 aliphatic heterocycles. The Morgan fingerprint density at radius 1 is 0.762 bits per heavy atom. The minimum absolute atomic E-state index is 0.182. The number of para-hydroxylation sites is 2. The van der Waals surface area contributed by atoms with E-state index >= 15 is 0 Å². The van der Waals surface area contributed by atoms with Crippen LogP contribution in [-0.4, -0.2) is 39.1 Å². The molecule has 0 atom stereocenters. The third-order valence-corrected chi connectivity index (χ3v) is 6.84. The highest BCUT2D eigenvalue weighted by molar-refractivity contribution is 5.78. The molecule has 2 aliphatic rings. The van der Waals surface area contributed by atoms with Gasteiger partial charge in [-0.3, -0.25) is 4.57 Å². The fourth-order valence-corrected chi connectivity index (χ4v) is 4.92. The SMILES string of the molecule is Fc1ccccc1-c1nc2ccn(Cc3cn(Cc4nc5ccccc5n4-c4cccc(C(F)(F)F)c4)nn3)cc-2n1. The molecule has 42 heavy (non-hydrogen) atoms. The normalized spacial score (nSPS) is 12.0. The van der Waals surface area contributed by atoms with E-state index in [-0.39, 0.29) is 12.4 Å². The second-order valence-electron chi connectivity index (χ2n) is 9.72.